The molecule has 0 spiro atoms. The van der Waals surface area contributed by atoms with E-state index in [9.17, 15) is 9.18 Å². The van der Waals surface area contributed by atoms with Gasteiger partial charge in [-0.05, 0) is 56.6 Å². The second kappa shape index (κ2) is 7.55. The van der Waals surface area contributed by atoms with Gasteiger partial charge >= 0.3 is 0 Å². The first-order chi connectivity index (χ1) is 13.4. The summed E-state index contributed by atoms with van der Waals surface area (Å²) in [4.78, 5) is 17.6. The molecule has 1 N–H and O–H groups in total. The summed E-state index contributed by atoms with van der Waals surface area (Å²) in [5.74, 6) is 0.640. The summed E-state index contributed by atoms with van der Waals surface area (Å²) in [5.41, 5.74) is 2.62. The zero-order valence-corrected chi connectivity index (χ0v) is 16.7. The molecule has 0 unspecified atom stereocenters. The van der Waals surface area contributed by atoms with E-state index in [4.69, 9.17) is 0 Å². The van der Waals surface area contributed by atoms with Crippen LogP contribution in [-0.4, -0.2) is 48.4 Å². The van der Waals surface area contributed by atoms with Crippen molar-refractivity contribution in [2.24, 2.45) is 11.8 Å². The summed E-state index contributed by atoms with van der Waals surface area (Å²) < 4.78 is 13.8. The lowest BCUT2D eigenvalue weighted by atomic mass is 9.89. The van der Waals surface area contributed by atoms with Gasteiger partial charge in [0.15, 0.2) is 0 Å². The number of halogens is 1. The van der Waals surface area contributed by atoms with E-state index in [2.05, 4.69) is 31.1 Å². The minimum Gasteiger partial charge on any atom is -0.382 e. The Kier molecular flexibility index (Phi) is 5.11. The molecule has 3 atom stereocenters. The maximum Gasteiger partial charge on any atom is 0.255 e. The lowest BCUT2D eigenvalue weighted by molar-refractivity contribution is 0.0768. The molecule has 5 heteroatoms. The Morgan fingerprint density at radius 2 is 1.89 bits per heavy atom. The number of rotatable bonds is 4. The summed E-state index contributed by atoms with van der Waals surface area (Å²) in [5, 5.41) is 3.38. The molecule has 0 aliphatic carbocycles. The third-order valence-electron chi connectivity index (χ3n) is 5.97. The first-order valence-electron chi connectivity index (χ1n) is 10.0. The van der Waals surface area contributed by atoms with Crippen LogP contribution in [0.2, 0.25) is 0 Å². The van der Waals surface area contributed by atoms with Crippen molar-refractivity contribution in [3.63, 3.8) is 0 Å². The first-order valence-corrected chi connectivity index (χ1v) is 10.0. The number of benzene rings is 2. The second-order valence-electron chi connectivity index (χ2n) is 8.42. The van der Waals surface area contributed by atoms with Crippen molar-refractivity contribution in [1.82, 2.24) is 9.80 Å². The van der Waals surface area contributed by atoms with E-state index < -0.39 is 0 Å². The van der Waals surface area contributed by atoms with Crippen LogP contribution in [0.3, 0.4) is 0 Å². The third kappa shape index (κ3) is 3.51. The number of carbonyl (C=O) groups is 1. The molecular weight excluding hydrogens is 353 g/mol. The Hall–Kier alpha value is -2.40. The van der Waals surface area contributed by atoms with E-state index >= 15 is 0 Å². The number of fused-ring (bicyclic) bond motifs is 1. The molecule has 2 aromatic rings. The van der Waals surface area contributed by atoms with Crippen molar-refractivity contribution in [1.29, 1.82) is 0 Å². The predicted molar refractivity (Wildman–Crippen MR) is 110 cm³/mol. The van der Waals surface area contributed by atoms with E-state index in [0.29, 0.717) is 18.4 Å². The van der Waals surface area contributed by atoms with Gasteiger partial charge < -0.3 is 10.2 Å². The number of carbonyl (C=O) groups excluding carboxylic acids is 1. The molecule has 148 valence electrons. The molecule has 2 fully saturated rings. The van der Waals surface area contributed by atoms with Gasteiger partial charge in [0.2, 0.25) is 0 Å². The maximum atomic E-state index is 13.8. The van der Waals surface area contributed by atoms with Crippen molar-refractivity contribution in [3.8, 4) is 0 Å². The number of nitrogens with one attached hydrogen (secondary N) is 1. The third-order valence-corrected chi connectivity index (χ3v) is 5.97. The van der Waals surface area contributed by atoms with Gasteiger partial charge in [0, 0.05) is 43.3 Å². The molecule has 2 saturated heterocycles. The van der Waals surface area contributed by atoms with Crippen LogP contribution in [0.4, 0.5) is 10.1 Å². The number of anilines is 1. The molecule has 0 bridgehead atoms. The molecule has 0 saturated carbocycles. The monoisotopic (exact) mass is 381 g/mol. The van der Waals surface area contributed by atoms with Gasteiger partial charge in [0.1, 0.15) is 5.82 Å². The predicted octanol–water partition coefficient (Wildman–Crippen LogP) is 4.02. The van der Waals surface area contributed by atoms with Gasteiger partial charge in [-0.25, -0.2) is 4.39 Å². The van der Waals surface area contributed by atoms with Crippen molar-refractivity contribution < 1.29 is 9.18 Å². The van der Waals surface area contributed by atoms with Gasteiger partial charge in [-0.2, -0.15) is 0 Å². The summed E-state index contributed by atoms with van der Waals surface area (Å²) in [7, 11) is 2.10. The molecule has 0 radical (unpaired) electrons. The quantitative estimate of drug-likeness (QED) is 0.869. The highest BCUT2D eigenvalue weighted by Crippen LogP contribution is 2.44. The van der Waals surface area contributed by atoms with E-state index in [1.165, 1.54) is 6.07 Å². The minimum atomic E-state index is -0.200. The molecule has 2 aliphatic rings. The van der Waals surface area contributed by atoms with Gasteiger partial charge in [0.25, 0.3) is 5.91 Å². The Balaban J connectivity index is 1.55. The number of para-hydroxylation sites is 1. The SMILES string of the molecule is CC(C)Nc1ccccc1C(=O)N1C[C@@H]2CN(C)[C@@H](c3cccc(F)c3)[C@@H]2C1. The number of amides is 1. The van der Waals surface area contributed by atoms with Crippen LogP contribution in [0.5, 0.6) is 0 Å². The molecule has 0 aromatic heterocycles. The zero-order valence-electron chi connectivity index (χ0n) is 16.7. The molecule has 1 amide bonds. The molecule has 4 rings (SSSR count). The molecule has 2 aliphatic heterocycles. The van der Waals surface area contributed by atoms with Crippen LogP contribution in [0.1, 0.15) is 35.8 Å². The van der Waals surface area contributed by atoms with Crippen molar-refractivity contribution in [2.45, 2.75) is 25.9 Å². The van der Waals surface area contributed by atoms with Gasteiger partial charge in [0.05, 0.1) is 5.56 Å². The summed E-state index contributed by atoms with van der Waals surface area (Å²) in [6.45, 7) is 6.55. The average Bonchev–Trinajstić information content (AvgIpc) is 3.17. The average molecular weight is 381 g/mol. The summed E-state index contributed by atoms with van der Waals surface area (Å²) in [6.07, 6.45) is 0. The van der Waals surface area contributed by atoms with E-state index in [0.717, 1.165) is 29.9 Å². The molecular formula is C23H28FN3O. The lowest BCUT2D eigenvalue weighted by Crippen LogP contribution is -2.34. The standard InChI is InChI=1S/C23H28FN3O/c1-15(2)25-21-10-5-4-9-19(21)23(28)27-13-17-12-26(3)22(20(17)14-27)16-7-6-8-18(24)11-16/h4-11,15,17,20,22,25H,12-14H2,1-3H3/t17-,20+,22-/m0/s1. The Morgan fingerprint density at radius 1 is 1.11 bits per heavy atom. The number of hydrogen-bond donors (Lipinski definition) is 1. The highest BCUT2D eigenvalue weighted by molar-refractivity contribution is 5.99. The van der Waals surface area contributed by atoms with Crippen LogP contribution in [0.15, 0.2) is 48.5 Å². The van der Waals surface area contributed by atoms with E-state index in [-0.39, 0.29) is 23.8 Å². The topological polar surface area (TPSA) is 35.6 Å². The van der Waals surface area contributed by atoms with Gasteiger partial charge in [-0.15, -0.1) is 0 Å². The normalized spacial score (nSPS) is 24.6. The smallest absolute Gasteiger partial charge is 0.255 e. The van der Waals surface area contributed by atoms with E-state index in [1.807, 2.05) is 35.2 Å². The number of nitrogens with zero attached hydrogens (tertiary/aromatic N) is 2. The van der Waals surface area contributed by atoms with Gasteiger partial charge in [-0.3, -0.25) is 9.69 Å². The number of hydrogen-bond acceptors (Lipinski definition) is 3. The fourth-order valence-electron chi connectivity index (χ4n) is 4.89. The lowest BCUT2D eigenvalue weighted by Gasteiger charge is -2.27. The van der Waals surface area contributed by atoms with Crippen LogP contribution in [0.25, 0.3) is 0 Å². The molecule has 2 aromatic carbocycles. The van der Waals surface area contributed by atoms with Crippen LogP contribution < -0.4 is 5.32 Å². The highest BCUT2D eigenvalue weighted by Gasteiger charge is 2.47. The Labute approximate surface area is 166 Å². The van der Waals surface area contributed by atoms with Crippen LogP contribution >= 0.6 is 0 Å². The van der Waals surface area contributed by atoms with E-state index in [1.54, 1.807) is 12.1 Å². The van der Waals surface area contributed by atoms with Gasteiger partial charge in [-0.1, -0.05) is 24.3 Å². The first kappa shape index (κ1) is 18.9. The molecule has 4 nitrogen and oxygen atoms in total. The Bertz CT molecular complexity index is 868. The van der Waals surface area contributed by atoms with Crippen molar-refractivity contribution >= 4 is 11.6 Å². The highest BCUT2D eigenvalue weighted by atomic mass is 19.1. The summed E-state index contributed by atoms with van der Waals surface area (Å²) >= 11 is 0. The maximum absolute atomic E-state index is 13.8. The largest absolute Gasteiger partial charge is 0.382 e. The number of likely N-dealkylation sites (tertiary alicyclic amines) is 2. The fourth-order valence-corrected chi connectivity index (χ4v) is 4.89. The van der Waals surface area contributed by atoms with Crippen LogP contribution in [0, 0.1) is 17.7 Å². The van der Waals surface area contributed by atoms with Crippen LogP contribution in [-0.2, 0) is 0 Å². The molecule has 2 heterocycles. The summed E-state index contributed by atoms with van der Waals surface area (Å²) in [6, 6.07) is 15.0. The zero-order chi connectivity index (χ0) is 19.8. The van der Waals surface area contributed by atoms with Crippen molar-refractivity contribution in [3.05, 3.63) is 65.5 Å². The Morgan fingerprint density at radius 3 is 2.64 bits per heavy atom. The van der Waals surface area contributed by atoms with Crippen molar-refractivity contribution in [2.75, 3.05) is 32.0 Å². The second-order valence-corrected chi connectivity index (χ2v) is 8.42. The minimum absolute atomic E-state index is 0.0822. The fraction of sp³-hybridized carbons (Fsp3) is 0.435. The molecule has 28 heavy (non-hydrogen) atoms.